The molecule has 0 bridgehead atoms. The summed E-state index contributed by atoms with van der Waals surface area (Å²) in [7, 11) is 0. The van der Waals surface area contributed by atoms with Gasteiger partial charge in [0.05, 0.1) is 11.5 Å². The van der Waals surface area contributed by atoms with Crippen molar-refractivity contribution in [3.63, 3.8) is 0 Å². The van der Waals surface area contributed by atoms with E-state index in [0.717, 1.165) is 4.88 Å². The van der Waals surface area contributed by atoms with Crippen LogP contribution < -0.4 is 5.73 Å². The molecule has 76 valence electrons. The summed E-state index contributed by atoms with van der Waals surface area (Å²) >= 11 is 1.44. The number of nitrogens with zero attached hydrogens (tertiary/aromatic N) is 1. The highest BCUT2D eigenvalue weighted by atomic mass is 32.1. The van der Waals surface area contributed by atoms with Crippen LogP contribution in [0.15, 0.2) is 6.07 Å². The van der Waals surface area contributed by atoms with E-state index in [9.17, 15) is 4.79 Å². The molecule has 14 heavy (non-hydrogen) atoms. The van der Waals surface area contributed by atoms with Gasteiger partial charge in [0.25, 0.3) is 5.91 Å². The summed E-state index contributed by atoms with van der Waals surface area (Å²) in [6.07, 6.45) is 0. The first-order valence-corrected chi connectivity index (χ1v) is 5.23. The van der Waals surface area contributed by atoms with Gasteiger partial charge < -0.3 is 15.4 Å². The number of carbonyl (C=O) groups excluding carboxylic acids is 1. The fourth-order valence-corrected chi connectivity index (χ4v) is 2.24. The first-order valence-electron chi connectivity index (χ1n) is 4.41. The Bertz CT molecular complexity index is 336. The van der Waals surface area contributed by atoms with Crippen LogP contribution >= 0.6 is 11.3 Å². The van der Waals surface area contributed by atoms with Crippen molar-refractivity contribution in [2.45, 2.75) is 6.92 Å². The van der Waals surface area contributed by atoms with Crippen LogP contribution in [-0.4, -0.2) is 30.7 Å². The number of nitrogen functional groups attached to an aromatic ring is 1. The Morgan fingerprint density at radius 1 is 1.71 bits per heavy atom. The minimum Gasteiger partial charge on any atom is -0.398 e. The molecule has 0 aromatic carbocycles. The maximum absolute atomic E-state index is 11.8. The highest BCUT2D eigenvalue weighted by Gasteiger charge is 2.21. The van der Waals surface area contributed by atoms with E-state index in [1.165, 1.54) is 11.3 Å². The van der Waals surface area contributed by atoms with E-state index in [1.807, 2.05) is 6.92 Å². The van der Waals surface area contributed by atoms with Gasteiger partial charge in [0, 0.05) is 17.1 Å². The Morgan fingerprint density at radius 2 is 2.50 bits per heavy atom. The van der Waals surface area contributed by atoms with Gasteiger partial charge in [-0.1, -0.05) is 0 Å². The first kappa shape index (κ1) is 9.48. The molecule has 0 saturated carbocycles. The zero-order valence-corrected chi connectivity index (χ0v) is 8.76. The highest BCUT2D eigenvalue weighted by molar-refractivity contribution is 7.14. The van der Waals surface area contributed by atoms with Crippen molar-refractivity contribution in [3.8, 4) is 0 Å². The summed E-state index contributed by atoms with van der Waals surface area (Å²) in [5, 5.41) is 0. The van der Waals surface area contributed by atoms with Crippen molar-refractivity contribution < 1.29 is 9.53 Å². The molecule has 1 aliphatic heterocycles. The Labute approximate surface area is 86.3 Å². The van der Waals surface area contributed by atoms with Gasteiger partial charge >= 0.3 is 0 Å². The van der Waals surface area contributed by atoms with Crippen LogP contribution in [0.1, 0.15) is 14.5 Å². The van der Waals surface area contributed by atoms with Crippen molar-refractivity contribution in [2.24, 2.45) is 0 Å². The zero-order valence-electron chi connectivity index (χ0n) is 7.95. The SMILES string of the molecule is Cc1sc(C(=O)N2CCOC2)cc1N. The highest BCUT2D eigenvalue weighted by Crippen LogP contribution is 2.24. The lowest BCUT2D eigenvalue weighted by molar-refractivity contribution is 0.0699. The number of hydrogen-bond donors (Lipinski definition) is 1. The third-order valence-corrected chi connectivity index (χ3v) is 3.26. The van der Waals surface area contributed by atoms with Gasteiger partial charge in [0.15, 0.2) is 0 Å². The molecule has 0 atom stereocenters. The Kier molecular flexibility index (Phi) is 2.43. The Balaban J connectivity index is 2.18. The van der Waals surface area contributed by atoms with E-state index < -0.39 is 0 Å². The standard InChI is InChI=1S/C9H12N2O2S/c1-6-7(10)4-8(14-6)9(12)11-2-3-13-5-11/h4H,2-3,5,10H2,1H3. The van der Waals surface area contributed by atoms with Crippen molar-refractivity contribution in [3.05, 3.63) is 15.8 Å². The van der Waals surface area contributed by atoms with Crippen molar-refractivity contribution in [2.75, 3.05) is 25.6 Å². The number of hydrogen-bond acceptors (Lipinski definition) is 4. The lowest BCUT2D eigenvalue weighted by Crippen LogP contribution is -2.27. The largest absolute Gasteiger partial charge is 0.398 e. The van der Waals surface area contributed by atoms with Crippen LogP contribution in [0.25, 0.3) is 0 Å². The van der Waals surface area contributed by atoms with Gasteiger partial charge in [-0.15, -0.1) is 11.3 Å². The Hall–Kier alpha value is -1.07. The number of nitrogens with two attached hydrogens (primary N) is 1. The molecular weight excluding hydrogens is 200 g/mol. The average Bonchev–Trinajstić information content (AvgIpc) is 2.76. The van der Waals surface area contributed by atoms with Gasteiger partial charge in [0.1, 0.15) is 6.73 Å². The molecule has 2 rings (SSSR count). The predicted octanol–water partition coefficient (Wildman–Crippen LogP) is 1.07. The van der Waals surface area contributed by atoms with Crippen molar-refractivity contribution in [1.29, 1.82) is 0 Å². The van der Waals surface area contributed by atoms with Gasteiger partial charge in [-0.25, -0.2) is 0 Å². The third-order valence-electron chi connectivity index (χ3n) is 2.21. The van der Waals surface area contributed by atoms with Gasteiger partial charge in [-0.3, -0.25) is 4.79 Å². The molecule has 1 amide bonds. The number of thiophene rings is 1. The number of ether oxygens (including phenoxy) is 1. The lowest BCUT2D eigenvalue weighted by Gasteiger charge is -2.11. The zero-order chi connectivity index (χ0) is 10.1. The van der Waals surface area contributed by atoms with Crippen LogP contribution in [0.2, 0.25) is 0 Å². The molecular formula is C9H12N2O2S. The van der Waals surface area contributed by atoms with Crippen LogP contribution in [-0.2, 0) is 4.74 Å². The molecule has 1 aliphatic rings. The molecule has 2 N–H and O–H groups in total. The molecule has 0 spiro atoms. The number of aryl methyl sites for hydroxylation is 1. The van der Waals surface area contributed by atoms with Gasteiger partial charge in [0.2, 0.25) is 0 Å². The van der Waals surface area contributed by atoms with Crippen LogP contribution in [0.4, 0.5) is 5.69 Å². The molecule has 5 heteroatoms. The number of rotatable bonds is 1. The molecule has 1 aromatic rings. The van der Waals surface area contributed by atoms with Crippen molar-refractivity contribution in [1.82, 2.24) is 4.90 Å². The number of carbonyl (C=O) groups is 1. The van der Waals surface area contributed by atoms with E-state index in [4.69, 9.17) is 10.5 Å². The van der Waals surface area contributed by atoms with Gasteiger partial charge in [-0.2, -0.15) is 0 Å². The molecule has 2 heterocycles. The summed E-state index contributed by atoms with van der Waals surface area (Å²) < 4.78 is 5.12. The molecule has 0 radical (unpaired) electrons. The third kappa shape index (κ3) is 1.60. The second kappa shape index (κ2) is 3.59. The lowest BCUT2D eigenvalue weighted by atomic mass is 10.3. The maximum Gasteiger partial charge on any atom is 0.265 e. The van der Waals surface area contributed by atoms with Gasteiger partial charge in [-0.05, 0) is 13.0 Å². The molecule has 1 fully saturated rings. The second-order valence-corrected chi connectivity index (χ2v) is 4.48. The minimum absolute atomic E-state index is 0.0206. The van der Waals surface area contributed by atoms with E-state index in [-0.39, 0.29) is 5.91 Å². The number of anilines is 1. The van der Waals surface area contributed by atoms with Crippen LogP contribution in [0.5, 0.6) is 0 Å². The molecule has 1 aromatic heterocycles. The summed E-state index contributed by atoms with van der Waals surface area (Å²) in [5.74, 6) is 0.0206. The topological polar surface area (TPSA) is 55.6 Å². The summed E-state index contributed by atoms with van der Waals surface area (Å²) in [6, 6.07) is 1.74. The van der Waals surface area contributed by atoms with E-state index in [1.54, 1.807) is 11.0 Å². The van der Waals surface area contributed by atoms with E-state index >= 15 is 0 Å². The van der Waals surface area contributed by atoms with Crippen LogP contribution in [0, 0.1) is 6.92 Å². The number of amides is 1. The maximum atomic E-state index is 11.8. The quantitative estimate of drug-likeness (QED) is 0.757. The smallest absolute Gasteiger partial charge is 0.265 e. The second-order valence-electron chi connectivity index (χ2n) is 3.23. The van der Waals surface area contributed by atoms with E-state index in [0.29, 0.717) is 30.4 Å². The fraction of sp³-hybridized carbons (Fsp3) is 0.444. The molecule has 1 saturated heterocycles. The van der Waals surface area contributed by atoms with Crippen LogP contribution in [0.3, 0.4) is 0 Å². The Morgan fingerprint density at radius 3 is 3.00 bits per heavy atom. The van der Waals surface area contributed by atoms with E-state index in [2.05, 4.69) is 0 Å². The monoisotopic (exact) mass is 212 g/mol. The first-order chi connectivity index (χ1) is 6.68. The summed E-state index contributed by atoms with van der Waals surface area (Å²) in [4.78, 5) is 15.2. The average molecular weight is 212 g/mol. The summed E-state index contributed by atoms with van der Waals surface area (Å²) in [6.45, 7) is 3.62. The van der Waals surface area contributed by atoms with Crippen molar-refractivity contribution >= 4 is 22.9 Å². The fourth-order valence-electron chi connectivity index (χ4n) is 1.33. The molecule has 4 nitrogen and oxygen atoms in total. The predicted molar refractivity (Wildman–Crippen MR) is 55.3 cm³/mol. The summed E-state index contributed by atoms with van der Waals surface area (Å²) in [5.41, 5.74) is 6.38. The normalized spacial score (nSPS) is 16.2. The molecule has 0 unspecified atom stereocenters. The molecule has 0 aliphatic carbocycles. The minimum atomic E-state index is 0.0206.